The Morgan fingerprint density at radius 2 is 2.06 bits per heavy atom. The van der Waals surface area contributed by atoms with Gasteiger partial charge in [0.05, 0.1) is 6.10 Å². The minimum absolute atomic E-state index is 0.00616. The molecule has 0 unspecified atom stereocenters. The first-order valence-corrected chi connectivity index (χ1v) is 6.58. The molecule has 0 aromatic heterocycles. The molecular formula is C13H25NO3. The van der Waals surface area contributed by atoms with Crippen molar-refractivity contribution in [2.24, 2.45) is 11.7 Å². The van der Waals surface area contributed by atoms with Gasteiger partial charge in [-0.15, -0.1) is 0 Å². The molecule has 4 heteroatoms. The Hall–Kier alpha value is -0.610. The van der Waals surface area contributed by atoms with Crippen LogP contribution in [0.15, 0.2) is 0 Å². The Balaban J connectivity index is 2.53. The average Bonchev–Trinajstić information content (AvgIpc) is 2.30. The molecule has 1 aliphatic rings. The predicted octanol–water partition coefficient (Wildman–Crippen LogP) is 1.86. The fourth-order valence-corrected chi connectivity index (χ4v) is 1.94. The first-order chi connectivity index (χ1) is 8.00. The fraction of sp³-hybridized carbons (Fsp3) is 0.923. The number of carbonyl (C=O) groups is 1. The lowest BCUT2D eigenvalue weighted by Gasteiger charge is -2.24. The lowest BCUT2D eigenvalue weighted by molar-refractivity contribution is -0.158. The third kappa shape index (κ3) is 5.04. The smallest absolute Gasteiger partial charge is 0.323 e. The zero-order valence-corrected chi connectivity index (χ0v) is 11.1. The van der Waals surface area contributed by atoms with Gasteiger partial charge < -0.3 is 15.2 Å². The van der Waals surface area contributed by atoms with Crippen LogP contribution in [0.3, 0.4) is 0 Å². The van der Waals surface area contributed by atoms with Crippen LogP contribution in [0.1, 0.15) is 46.5 Å². The summed E-state index contributed by atoms with van der Waals surface area (Å²) in [6.45, 7) is 6.82. The van der Waals surface area contributed by atoms with Crippen molar-refractivity contribution in [3.05, 3.63) is 0 Å². The molecular weight excluding hydrogens is 218 g/mol. The van der Waals surface area contributed by atoms with Crippen LogP contribution in [0.4, 0.5) is 0 Å². The molecule has 1 aliphatic heterocycles. The van der Waals surface area contributed by atoms with Crippen LogP contribution in [0.5, 0.6) is 0 Å². The van der Waals surface area contributed by atoms with E-state index in [1.165, 1.54) is 0 Å². The lowest BCUT2D eigenvalue weighted by Crippen LogP contribution is -2.37. The molecule has 0 saturated carbocycles. The van der Waals surface area contributed by atoms with Gasteiger partial charge in [0.1, 0.15) is 12.1 Å². The van der Waals surface area contributed by atoms with E-state index in [1.54, 1.807) is 0 Å². The van der Waals surface area contributed by atoms with Crippen LogP contribution < -0.4 is 5.73 Å². The van der Waals surface area contributed by atoms with Gasteiger partial charge in [0.15, 0.2) is 0 Å². The lowest BCUT2D eigenvalue weighted by atomic mass is 10.1. The minimum atomic E-state index is -0.471. The number of rotatable bonds is 3. The van der Waals surface area contributed by atoms with Crippen LogP contribution in [0, 0.1) is 5.92 Å². The normalized spacial score (nSPS) is 31.6. The van der Waals surface area contributed by atoms with Gasteiger partial charge >= 0.3 is 5.97 Å². The summed E-state index contributed by atoms with van der Waals surface area (Å²) in [6.07, 6.45) is 3.45. The Morgan fingerprint density at radius 1 is 1.41 bits per heavy atom. The monoisotopic (exact) mass is 243 g/mol. The van der Waals surface area contributed by atoms with E-state index < -0.39 is 6.04 Å². The maximum Gasteiger partial charge on any atom is 0.323 e. The number of hydrogen-bond acceptors (Lipinski definition) is 4. The molecule has 100 valence electrons. The molecule has 0 radical (unpaired) electrons. The van der Waals surface area contributed by atoms with Crippen LogP contribution in [-0.4, -0.2) is 30.8 Å². The molecule has 0 spiro atoms. The summed E-state index contributed by atoms with van der Waals surface area (Å²) in [5.41, 5.74) is 5.73. The molecule has 1 rings (SSSR count). The molecule has 0 amide bonds. The van der Waals surface area contributed by atoms with E-state index in [9.17, 15) is 4.79 Å². The minimum Gasteiger partial charge on any atom is -0.459 e. The maximum absolute atomic E-state index is 11.6. The predicted molar refractivity (Wildman–Crippen MR) is 66.6 cm³/mol. The van der Waals surface area contributed by atoms with Gasteiger partial charge in [0, 0.05) is 6.61 Å². The van der Waals surface area contributed by atoms with Gasteiger partial charge in [-0.05, 0) is 25.7 Å². The van der Waals surface area contributed by atoms with Crippen molar-refractivity contribution in [1.29, 1.82) is 0 Å². The van der Waals surface area contributed by atoms with Crippen molar-refractivity contribution in [2.45, 2.75) is 64.7 Å². The van der Waals surface area contributed by atoms with Crippen molar-refractivity contribution in [1.82, 2.24) is 0 Å². The van der Waals surface area contributed by atoms with Crippen molar-refractivity contribution < 1.29 is 14.3 Å². The third-order valence-electron chi connectivity index (χ3n) is 3.03. The van der Waals surface area contributed by atoms with E-state index in [2.05, 4.69) is 13.8 Å². The van der Waals surface area contributed by atoms with Gasteiger partial charge in [-0.1, -0.05) is 26.7 Å². The number of esters is 1. The highest BCUT2D eigenvalue weighted by atomic mass is 16.6. The van der Waals surface area contributed by atoms with Crippen molar-refractivity contribution >= 4 is 5.97 Å². The van der Waals surface area contributed by atoms with E-state index in [-0.39, 0.29) is 18.2 Å². The molecule has 4 nitrogen and oxygen atoms in total. The summed E-state index contributed by atoms with van der Waals surface area (Å²) < 4.78 is 11.2. The highest BCUT2D eigenvalue weighted by Gasteiger charge is 2.26. The van der Waals surface area contributed by atoms with Gasteiger partial charge in [0.25, 0.3) is 0 Å². The zero-order valence-electron chi connectivity index (χ0n) is 11.1. The van der Waals surface area contributed by atoms with Crippen LogP contribution in [-0.2, 0) is 14.3 Å². The van der Waals surface area contributed by atoms with E-state index in [0.29, 0.717) is 18.9 Å². The number of cyclic esters (lactones) is 1. The van der Waals surface area contributed by atoms with Gasteiger partial charge in [-0.25, -0.2) is 0 Å². The summed E-state index contributed by atoms with van der Waals surface area (Å²) in [7, 11) is 0. The first-order valence-electron chi connectivity index (χ1n) is 6.58. The number of nitrogens with two attached hydrogens (primary N) is 1. The Kier molecular flexibility index (Phi) is 5.92. The van der Waals surface area contributed by atoms with Crippen LogP contribution >= 0.6 is 0 Å². The van der Waals surface area contributed by atoms with Gasteiger partial charge in [-0.3, -0.25) is 4.79 Å². The second-order valence-corrected chi connectivity index (χ2v) is 5.30. The molecule has 2 N–H and O–H groups in total. The Morgan fingerprint density at radius 3 is 2.71 bits per heavy atom. The first kappa shape index (κ1) is 14.5. The summed E-state index contributed by atoms with van der Waals surface area (Å²) in [5, 5.41) is 0. The van der Waals surface area contributed by atoms with Gasteiger partial charge in [0.2, 0.25) is 0 Å². The number of ether oxygens (including phenoxy) is 2. The SMILES string of the molecule is CC(C)CO[C@@H]1CCCC[C@H](N)C(=O)O[C@H]1C. The summed E-state index contributed by atoms with van der Waals surface area (Å²) in [5.74, 6) is 0.199. The quantitative estimate of drug-likeness (QED) is 0.769. The summed E-state index contributed by atoms with van der Waals surface area (Å²) >= 11 is 0. The molecule has 3 atom stereocenters. The molecule has 0 aromatic carbocycles. The maximum atomic E-state index is 11.6. The Bertz CT molecular complexity index is 243. The zero-order chi connectivity index (χ0) is 12.8. The van der Waals surface area contributed by atoms with E-state index >= 15 is 0 Å². The van der Waals surface area contributed by atoms with Crippen LogP contribution in [0.25, 0.3) is 0 Å². The molecule has 1 saturated heterocycles. The largest absolute Gasteiger partial charge is 0.459 e. The van der Waals surface area contributed by atoms with E-state index in [4.69, 9.17) is 15.2 Å². The standard InChI is InChI=1S/C13H25NO3/c1-9(2)8-16-12-7-5-4-6-11(14)13(15)17-10(12)3/h9-12H,4-8,14H2,1-3H3/t10-,11-,12+/m0/s1. The van der Waals surface area contributed by atoms with Crippen molar-refractivity contribution in [3.63, 3.8) is 0 Å². The van der Waals surface area contributed by atoms with E-state index in [1.807, 2.05) is 6.92 Å². The third-order valence-corrected chi connectivity index (χ3v) is 3.03. The molecule has 0 bridgehead atoms. The topological polar surface area (TPSA) is 61.5 Å². The molecule has 1 fully saturated rings. The summed E-state index contributed by atoms with van der Waals surface area (Å²) in [6, 6.07) is -0.471. The second kappa shape index (κ2) is 6.97. The van der Waals surface area contributed by atoms with Crippen molar-refractivity contribution in [2.75, 3.05) is 6.61 Å². The fourth-order valence-electron chi connectivity index (χ4n) is 1.94. The van der Waals surface area contributed by atoms with Crippen molar-refractivity contribution in [3.8, 4) is 0 Å². The Labute approximate surface area is 104 Å². The number of hydrogen-bond donors (Lipinski definition) is 1. The molecule has 0 aliphatic carbocycles. The highest BCUT2D eigenvalue weighted by Crippen LogP contribution is 2.18. The van der Waals surface area contributed by atoms with E-state index in [0.717, 1.165) is 19.3 Å². The number of carbonyl (C=O) groups excluding carboxylic acids is 1. The highest BCUT2D eigenvalue weighted by molar-refractivity contribution is 5.75. The van der Waals surface area contributed by atoms with Crippen LogP contribution in [0.2, 0.25) is 0 Å². The average molecular weight is 243 g/mol. The summed E-state index contributed by atoms with van der Waals surface area (Å²) in [4.78, 5) is 11.6. The molecule has 0 aromatic rings. The second-order valence-electron chi connectivity index (χ2n) is 5.30. The van der Waals surface area contributed by atoms with Gasteiger partial charge in [-0.2, -0.15) is 0 Å². The molecule has 17 heavy (non-hydrogen) atoms. The molecule has 1 heterocycles.